The van der Waals surface area contributed by atoms with Gasteiger partial charge in [-0.05, 0) is 55.7 Å². The van der Waals surface area contributed by atoms with E-state index in [4.69, 9.17) is 0 Å². The van der Waals surface area contributed by atoms with E-state index >= 15 is 0 Å². The maximum atomic E-state index is 3.65. The molecule has 0 aromatic heterocycles. The molecule has 1 aliphatic carbocycles. The van der Waals surface area contributed by atoms with Crippen LogP contribution in [0.3, 0.4) is 0 Å². The molecule has 1 nitrogen and oxygen atoms in total. The molecule has 0 spiro atoms. The molecule has 0 amide bonds. The Labute approximate surface area is 130 Å². The van der Waals surface area contributed by atoms with Gasteiger partial charge in [0, 0.05) is 6.04 Å². The fourth-order valence-electron chi connectivity index (χ4n) is 3.74. The third-order valence-electron chi connectivity index (χ3n) is 4.95. The van der Waals surface area contributed by atoms with E-state index in [1.807, 2.05) is 0 Å². The van der Waals surface area contributed by atoms with Gasteiger partial charge >= 0.3 is 0 Å². The second-order valence-corrected chi connectivity index (χ2v) is 6.43. The van der Waals surface area contributed by atoms with Crippen LogP contribution in [0.5, 0.6) is 0 Å². The predicted molar refractivity (Wildman–Crippen MR) is 88.9 cm³/mol. The topological polar surface area (TPSA) is 12.0 Å². The van der Waals surface area contributed by atoms with Gasteiger partial charge in [0.15, 0.2) is 0 Å². The lowest BCUT2D eigenvalue weighted by molar-refractivity contribution is 0.399. The van der Waals surface area contributed by atoms with E-state index in [0.29, 0.717) is 6.04 Å². The van der Waals surface area contributed by atoms with E-state index in [0.717, 1.165) is 5.92 Å². The smallest absolute Gasteiger partial charge is 0.0107 e. The molecule has 3 rings (SSSR count). The van der Waals surface area contributed by atoms with Crippen molar-refractivity contribution in [3.05, 3.63) is 35.4 Å². The number of nitrogens with one attached hydrogen (secondary N) is 1. The van der Waals surface area contributed by atoms with Crippen molar-refractivity contribution in [2.24, 2.45) is 0 Å². The summed E-state index contributed by atoms with van der Waals surface area (Å²) in [5, 5.41) is 3.65. The van der Waals surface area contributed by atoms with Crippen LogP contribution in [0.25, 0.3) is 0 Å². The molecule has 1 aliphatic heterocycles. The highest BCUT2D eigenvalue weighted by atomic mass is 35.5. The molecule has 1 saturated carbocycles. The Balaban J connectivity index is 0.00000147. The normalized spacial score (nSPS) is 24.1. The predicted octanol–water partition coefficient (Wildman–Crippen LogP) is 4.84. The number of rotatable bonds is 3. The van der Waals surface area contributed by atoms with E-state index in [9.17, 15) is 0 Å². The van der Waals surface area contributed by atoms with Gasteiger partial charge in [0.25, 0.3) is 0 Å². The molecule has 112 valence electrons. The summed E-state index contributed by atoms with van der Waals surface area (Å²) in [6.45, 7) is 1.21. The van der Waals surface area contributed by atoms with Crippen LogP contribution in [0.2, 0.25) is 0 Å². The summed E-state index contributed by atoms with van der Waals surface area (Å²) in [4.78, 5) is 0. The molecule has 1 aromatic carbocycles. The number of piperidine rings is 1. The van der Waals surface area contributed by atoms with Crippen LogP contribution in [0.1, 0.15) is 68.4 Å². The molecular weight excluding hydrogens is 266 g/mol. The van der Waals surface area contributed by atoms with Gasteiger partial charge < -0.3 is 5.32 Å². The van der Waals surface area contributed by atoms with Crippen LogP contribution < -0.4 is 5.32 Å². The van der Waals surface area contributed by atoms with Crippen molar-refractivity contribution < 1.29 is 0 Å². The fourth-order valence-corrected chi connectivity index (χ4v) is 3.74. The number of halogens is 1. The summed E-state index contributed by atoms with van der Waals surface area (Å²) >= 11 is 0. The molecule has 0 bridgehead atoms. The molecule has 1 heterocycles. The summed E-state index contributed by atoms with van der Waals surface area (Å²) in [6.07, 6.45) is 12.4. The Morgan fingerprint density at radius 2 is 1.55 bits per heavy atom. The summed E-state index contributed by atoms with van der Waals surface area (Å²) in [5.41, 5.74) is 3.10. The third-order valence-corrected chi connectivity index (χ3v) is 4.95. The van der Waals surface area contributed by atoms with Crippen LogP contribution >= 0.6 is 12.4 Å². The number of hydrogen-bond donors (Lipinski definition) is 1. The third kappa shape index (κ3) is 4.23. The maximum Gasteiger partial charge on any atom is 0.0107 e. The van der Waals surface area contributed by atoms with E-state index in [1.165, 1.54) is 69.9 Å². The quantitative estimate of drug-likeness (QED) is 0.841. The molecule has 1 aromatic rings. The molecule has 0 radical (unpaired) electrons. The van der Waals surface area contributed by atoms with E-state index in [1.54, 1.807) is 5.56 Å². The minimum absolute atomic E-state index is 0. The average Bonchev–Trinajstić information content (AvgIpc) is 2.50. The van der Waals surface area contributed by atoms with Crippen molar-refractivity contribution in [3.8, 4) is 0 Å². The Morgan fingerprint density at radius 3 is 2.20 bits per heavy atom. The largest absolute Gasteiger partial charge is 0.314 e. The van der Waals surface area contributed by atoms with Crippen LogP contribution in [0.15, 0.2) is 24.3 Å². The summed E-state index contributed by atoms with van der Waals surface area (Å²) in [7, 11) is 0. The Kier molecular flexibility index (Phi) is 6.38. The highest BCUT2D eigenvalue weighted by Crippen LogP contribution is 2.32. The molecule has 20 heavy (non-hydrogen) atoms. The van der Waals surface area contributed by atoms with Gasteiger partial charge in [-0.3, -0.25) is 0 Å². The number of hydrogen-bond acceptors (Lipinski definition) is 1. The molecule has 2 aliphatic rings. The SMILES string of the molecule is Cl.c1cc(C2CCCCC2)ccc1CC1CCCCN1. The van der Waals surface area contributed by atoms with Crippen LogP contribution in [0, 0.1) is 0 Å². The van der Waals surface area contributed by atoms with Crippen molar-refractivity contribution in [2.75, 3.05) is 6.54 Å². The first-order chi connectivity index (χ1) is 9.42. The summed E-state index contributed by atoms with van der Waals surface area (Å²) < 4.78 is 0. The summed E-state index contributed by atoms with van der Waals surface area (Å²) in [5.74, 6) is 0.843. The van der Waals surface area contributed by atoms with Crippen molar-refractivity contribution >= 4 is 12.4 Å². The first-order valence-corrected chi connectivity index (χ1v) is 8.24. The summed E-state index contributed by atoms with van der Waals surface area (Å²) in [6, 6.07) is 10.3. The molecule has 2 fully saturated rings. The Hall–Kier alpha value is -0.530. The number of benzene rings is 1. The molecule has 1 saturated heterocycles. The van der Waals surface area contributed by atoms with Crippen molar-refractivity contribution in [3.63, 3.8) is 0 Å². The van der Waals surface area contributed by atoms with Crippen molar-refractivity contribution in [1.82, 2.24) is 5.32 Å². The lowest BCUT2D eigenvalue weighted by Crippen LogP contribution is -2.35. The standard InChI is InChI=1S/C18H27N.ClH/c1-2-6-16(7-3-1)17-11-9-15(10-12-17)14-18-8-4-5-13-19-18;/h9-12,16,18-19H,1-8,13-14H2;1H. The second kappa shape index (κ2) is 8.05. The van der Waals surface area contributed by atoms with Gasteiger partial charge in [-0.2, -0.15) is 0 Å². The van der Waals surface area contributed by atoms with Crippen LogP contribution in [-0.2, 0) is 6.42 Å². The van der Waals surface area contributed by atoms with Gasteiger partial charge in [-0.25, -0.2) is 0 Å². The minimum Gasteiger partial charge on any atom is -0.314 e. The Bertz CT molecular complexity index is 375. The van der Waals surface area contributed by atoms with E-state index < -0.39 is 0 Å². The van der Waals surface area contributed by atoms with E-state index in [2.05, 4.69) is 29.6 Å². The zero-order valence-corrected chi connectivity index (χ0v) is 13.3. The Morgan fingerprint density at radius 1 is 0.850 bits per heavy atom. The zero-order valence-electron chi connectivity index (χ0n) is 12.4. The molecule has 1 unspecified atom stereocenters. The van der Waals surface area contributed by atoms with Gasteiger partial charge in [0.2, 0.25) is 0 Å². The van der Waals surface area contributed by atoms with Crippen LogP contribution in [0.4, 0.5) is 0 Å². The lowest BCUT2D eigenvalue weighted by atomic mass is 9.83. The van der Waals surface area contributed by atoms with Crippen molar-refractivity contribution in [2.45, 2.75) is 69.7 Å². The highest BCUT2D eigenvalue weighted by Gasteiger charge is 2.16. The minimum atomic E-state index is 0. The molecular formula is C18H28ClN. The maximum absolute atomic E-state index is 3.65. The van der Waals surface area contributed by atoms with E-state index in [-0.39, 0.29) is 12.4 Å². The fraction of sp³-hybridized carbons (Fsp3) is 0.667. The average molecular weight is 294 g/mol. The second-order valence-electron chi connectivity index (χ2n) is 6.43. The first-order valence-electron chi connectivity index (χ1n) is 8.24. The van der Waals surface area contributed by atoms with Gasteiger partial charge in [0.05, 0.1) is 0 Å². The zero-order chi connectivity index (χ0) is 12.9. The molecule has 1 N–H and O–H groups in total. The lowest BCUT2D eigenvalue weighted by Gasteiger charge is -2.24. The first kappa shape index (κ1) is 15.9. The van der Waals surface area contributed by atoms with Gasteiger partial charge in [-0.1, -0.05) is 49.9 Å². The van der Waals surface area contributed by atoms with Crippen molar-refractivity contribution in [1.29, 1.82) is 0 Å². The molecule has 1 atom stereocenters. The van der Waals surface area contributed by atoms with Gasteiger partial charge in [-0.15, -0.1) is 12.4 Å². The van der Waals surface area contributed by atoms with Gasteiger partial charge in [0.1, 0.15) is 0 Å². The molecule has 2 heteroatoms. The highest BCUT2D eigenvalue weighted by molar-refractivity contribution is 5.85. The van der Waals surface area contributed by atoms with Crippen LogP contribution in [-0.4, -0.2) is 12.6 Å². The monoisotopic (exact) mass is 293 g/mol.